The summed E-state index contributed by atoms with van der Waals surface area (Å²) in [4.78, 5) is 0. The van der Waals surface area contributed by atoms with Gasteiger partial charge in [-0.05, 0) is 25.2 Å². The van der Waals surface area contributed by atoms with Crippen molar-refractivity contribution in [2.45, 2.75) is 38.3 Å². The van der Waals surface area contributed by atoms with Gasteiger partial charge in [-0.2, -0.15) is 0 Å². The summed E-state index contributed by atoms with van der Waals surface area (Å²) in [6, 6.07) is 0.204. The minimum Gasteiger partial charge on any atom is -0.382 e. The monoisotopic (exact) mass is 231 g/mol. The maximum Gasteiger partial charge on any atom is 0.0729 e. The van der Waals surface area contributed by atoms with Crippen molar-refractivity contribution in [3.8, 4) is 0 Å². The second-order valence-electron chi connectivity index (χ2n) is 4.60. The third kappa shape index (κ3) is 5.25. The zero-order valence-corrected chi connectivity index (χ0v) is 10.5. The van der Waals surface area contributed by atoms with Gasteiger partial charge in [-0.15, -0.1) is 0 Å². The van der Waals surface area contributed by atoms with Gasteiger partial charge in [0.2, 0.25) is 0 Å². The summed E-state index contributed by atoms with van der Waals surface area (Å²) >= 11 is 0. The largest absolute Gasteiger partial charge is 0.382 e. The van der Waals surface area contributed by atoms with Crippen molar-refractivity contribution in [3.63, 3.8) is 0 Å². The molecule has 1 saturated carbocycles. The number of methoxy groups -OCH3 is 1. The molecule has 0 amide bonds. The molecule has 0 aromatic heterocycles. The summed E-state index contributed by atoms with van der Waals surface area (Å²) in [6.07, 6.45) is 3.61. The first kappa shape index (κ1) is 13.9. The molecule has 1 fully saturated rings. The molecule has 1 aliphatic carbocycles. The van der Waals surface area contributed by atoms with E-state index in [9.17, 15) is 0 Å². The lowest BCUT2D eigenvalue weighted by atomic mass is 9.85. The molecule has 3 atom stereocenters. The van der Waals surface area contributed by atoms with E-state index in [2.05, 4.69) is 6.92 Å². The topological polar surface area (TPSA) is 53.7 Å². The Morgan fingerprint density at radius 2 is 1.88 bits per heavy atom. The lowest BCUT2D eigenvalue weighted by molar-refractivity contribution is -0.0331. The maximum absolute atomic E-state index is 6.02. The average Bonchev–Trinajstić information content (AvgIpc) is 2.28. The standard InChI is InChI=1S/C12H25NO3/c1-10-3-4-11(13)12(9-10)16-8-7-15-6-5-14-2/h10-12H,3-9,13H2,1-2H3. The number of rotatable bonds is 7. The van der Waals surface area contributed by atoms with E-state index in [1.807, 2.05) is 0 Å². The number of hydrogen-bond acceptors (Lipinski definition) is 4. The van der Waals surface area contributed by atoms with Crippen LogP contribution in [0.5, 0.6) is 0 Å². The van der Waals surface area contributed by atoms with E-state index in [-0.39, 0.29) is 12.1 Å². The van der Waals surface area contributed by atoms with Crippen LogP contribution in [0.3, 0.4) is 0 Å². The van der Waals surface area contributed by atoms with Gasteiger partial charge in [0.05, 0.1) is 32.5 Å². The van der Waals surface area contributed by atoms with Crippen LogP contribution in [-0.2, 0) is 14.2 Å². The number of nitrogens with two attached hydrogens (primary N) is 1. The van der Waals surface area contributed by atoms with E-state index in [0.29, 0.717) is 26.4 Å². The van der Waals surface area contributed by atoms with Crippen molar-refractivity contribution in [2.75, 3.05) is 33.5 Å². The second-order valence-corrected chi connectivity index (χ2v) is 4.60. The highest BCUT2D eigenvalue weighted by atomic mass is 16.5. The highest BCUT2D eigenvalue weighted by Gasteiger charge is 2.26. The Balaban J connectivity index is 2.02. The first-order chi connectivity index (χ1) is 7.74. The van der Waals surface area contributed by atoms with Crippen LogP contribution < -0.4 is 5.73 Å². The molecule has 0 aromatic rings. The fourth-order valence-electron chi connectivity index (χ4n) is 2.05. The molecule has 4 heteroatoms. The Kier molecular flexibility index (Phi) is 6.96. The van der Waals surface area contributed by atoms with Crippen molar-refractivity contribution >= 4 is 0 Å². The van der Waals surface area contributed by atoms with Crippen LogP contribution in [-0.4, -0.2) is 45.7 Å². The van der Waals surface area contributed by atoms with Gasteiger partial charge in [0.25, 0.3) is 0 Å². The summed E-state index contributed by atoms with van der Waals surface area (Å²) in [5.74, 6) is 0.735. The Morgan fingerprint density at radius 3 is 2.62 bits per heavy atom. The van der Waals surface area contributed by atoms with Crippen LogP contribution in [0.15, 0.2) is 0 Å². The second kappa shape index (κ2) is 8.01. The number of hydrogen-bond donors (Lipinski definition) is 1. The predicted molar refractivity (Wildman–Crippen MR) is 63.4 cm³/mol. The van der Waals surface area contributed by atoms with Crippen LogP contribution in [0, 0.1) is 5.92 Å². The summed E-state index contributed by atoms with van der Waals surface area (Å²) in [5.41, 5.74) is 6.02. The van der Waals surface area contributed by atoms with Gasteiger partial charge in [-0.25, -0.2) is 0 Å². The third-order valence-electron chi connectivity index (χ3n) is 3.10. The molecule has 2 N–H and O–H groups in total. The summed E-state index contributed by atoms with van der Waals surface area (Å²) in [5, 5.41) is 0. The predicted octanol–water partition coefficient (Wildman–Crippen LogP) is 1.18. The maximum atomic E-state index is 6.02. The van der Waals surface area contributed by atoms with E-state index in [1.54, 1.807) is 7.11 Å². The van der Waals surface area contributed by atoms with Crippen molar-refractivity contribution in [1.29, 1.82) is 0 Å². The van der Waals surface area contributed by atoms with E-state index in [4.69, 9.17) is 19.9 Å². The molecule has 1 aliphatic rings. The molecule has 0 aliphatic heterocycles. The summed E-state index contributed by atoms with van der Waals surface area (Å²) in [7, 11) is 1.67. The molecule has 0 spiro atoms. The summed E-state index contributed by atoms with van der Waals surface area (Å²) in [6.45, 7) is 4.79. The summed E-state index contributed by atoms with van der Waals surface area (Å²) < 4.78 is 16.0. The lowest BCUT2D eigenvalue weighted by Gasteiger charge is -2.32. The fourth-order valence-corrected chi connectivity index (χ4v) is 2.05. The molecule has 4 nitrogen and oxygen atoms in total. The lowest BCUT2D eigenvalue weighted by Crippen LogP contribution is -2.42. The molecule has 0 radical (unpaired) electrons. The van der Waals surface area contributed by atoms with Gasteiger partial charge in [0, 0.05) is 13.2 Å². The van der Waals surface area contributed by atoms with Gasteiger partial charge in [-0.1, -0.05) is 6.92 Å². The third-order valence-corrected chi connectivity index (χ3v) is 3.10. The zero-order valence-electron chi connectivity index (χ0n) is 10.5. The first-order valence-electron chi connectivity index (χ1n) is 6.18. The van der Waals surface area contributed by atoms with E-state index < -0.39 is 0 Å². The number of ether oxygens (including phenoxy) is 3. The highest BCUT2D eigenvalue weighted by Crippen LogP contribution is 2.24. The van der Waals surface area contributed by atoms with Crippen LogP contribution >= 0.6 is 0 Å². The van der Waals surface area contributed by atoms with Crippen LogP contribution in [0.4, 0.5) is 0 Å². The van der Waals surface area contributed by atoms with Crippen molar-refractivity contribution < 1.29 is 14.2 Å². The molecule has 3 unspecified atom stereocenters. The van der Waals surface area contributed by atoms with E-state index in [0.717, 1.165) is 18.8 Å². The van der Waals surface area contributed by atoms with Crippen LogP contribution in [0.2, 0.25) is 0 Å². The van der Waals surface area contributed by atoms with Gasteiger partial charge >= 0.3 is 0 Å². The molecule has 96 valence electrons. The van der Waals surface area contributed by atoms with Gasteiger partial charge in [-0.3, -0.25) is 0 Å². The fraction of sp³-hybridized carbons (Fsp3) is 1.00. The molecule has 16 heavy (non-hydrogen) atoms. The van der Waals surface area contributed by atoms with Crippen LogP contribution in [0.1, 0.15) is 26.2 Å². The smallest absolute Gasteiger partial charge is 0.0729 e. The van der Waals surface area contributed by atoms with Gasteiger partial charge < -0.3 is 19.9 Å². The average molecular weight is 231 g/mol. The van der Waals surface area contributed by atoms with Crippen molar-refractivity contribution in [2.24, 2.45) is 11.7 Å². The molecule has 0 heterocycles. The Morgan fingerprint density at radius 1 is 1.12 bits per heavy atom. The zero-order chi connectivity index (χ0) is 11.8. The normalized spacial score (nSPS) is 30.6. The first-order valence-corrected chi connectivity index (χ1v) is 6.18. The molecule has 0 saturated heterocycles. The highest BCUT2D eigenvalue weighted by molar-refractivity contribution is 4.81. The Labute approximate surface area is 98.4 Å². The Bertz CT molecular complexity index is 178. The minimum atomic E-state index is 0.204. The SMILES string of the molecule is COCCOCCOC1CC(C)CCC1N. The minimum absolute atomic E-state index is 0.204. The molecular formula is C12H25NO3. The molecule has 0 aromatic carbocycles. The quantitative estimate of drug-likeness (QED) is 0.669. The van der Waals surface area contributed by atoms with E-state index >= 15 is 0 Å². The van der Waals surface area contributed by atoms with Crippen molar-refractivity contribution in [3.05, 3.63) is 0 Å². The van der Waals surface area contributed by atoms with Crippen molar-refractivity contribution in [1.82, 2.24) is 0 Å². The molecular weight excluding hydrogens is 206 g/mol. The molecule has 1 rings (SSSR count). The Hall–Kier alpha value is -0.160. The molecule has 0 bridgehead atoms. The van der Waals surface area contributed by atoms with Gasteiger partial charge in [0.15, 0.2) is 0 Å². The van der Waals surface area contributed by atoms with Gasteiger partial charge in [0.1, 0.15) is 0 Å². The van der Waals surface area contributed by atoms with Crippen LogP contribution in [0.25, 0.3) is 0 Å². The van der Waals surface area contributed by atoms with E-state index in [1.165, 1.54) is 6.42 Å².